The van der Waals surface area contributed by atoms with E-state index in [1.807, 2.05) is 66.7 Å². The predicted octanol–water partition coefficient (Wildman–Crippen LogP) is 4.85. The van der Waals surface area contributed by atoms with Crippen LogP contribution in [0.15, 0.2) is 72.8 Å². The van der Waals surface area contributed by atoms with Crippen LogP contribution in [0.25, 0.3) is 0 Å². The van der Waals surface area contributed by atoms with Gasteiger partial charge in [0.05, 0.1) is 0 Å². The molecule has 1 heterocycles. The van der Waals surface area contributed by atoms with E-state index in [1.54, 1.807) is 11.5 Å². The fourth-order valence-corrected chi connectivity index (χ4v) is 4.66. The highest BCUT2D eigenvalue weighted by atomic mass is 16.5. The van der Waals surface area contributed by atoms with Crippen molar-refractivity contribution in [3.63, 3.8) is 0 Å². The Kier molecular flexibility index (Phi) is 6.95. The summed E-state index contributed by atoms with van der Waals surface area (Å²) in [5, 5.41) is 11.7. The lowest BCUT2D eigenvalue weighted by molar-refractivity contribution is -0.135. The lowest BCUT2D eigenvalue weighted by Crippen LogP contribution is -2.38. The molecule has 0 bridgehead atoms. The molecule has 1 atom stereocenters. The average Bonchev–Trinajstić information content (AvgIpc) is 3.16. The first-order valence-electron chi connectivity index (χ1n) is 11.9. The second kappa shape index (κ2) is 9.95. The van der Waals surface area contributed by atoms with Crippen molar-refractivity contribution in [3.05, 3.63) is 95.1 Å². The summed E-state index contributed by atoms with van der Waals surface area (Å²) in [6, 6.07) is 22.6. The molecule has 3 aromatic rings. The van der Waals surface area contributed by atoms with E-state index in [2.05, 4.69) is 26.1 Å². The van der Waals surface area contributed by atoms with Gasteiger partial charge >= 0.3 is 5.97 Å². The summed E-state index contributed by atoms with van der Waals surface area (Å²) in [5.41, 5.74) is 3.92. The first-order chi connectivity index (χ1) is 17.2. The number of para-hydroxylation sites is 1. The van der Waals surface area contributed by atoms with Gasteiger partial charge in [0.1, 0.15) is 11.2 Å². The molecular weight excluding hydrogens is 456 g/mol. The van der Waals surface area contributed by atoms with Crippen molar-refractivity contribution in [3.8, 4) is 5.75 Å². The molecule has 1 aliphatic rings. The number of carbonyl (C=O) groups excluding carboxylic acids is 3. The van der Waals surface area contributed by atoms with Gasteiger partial charge in [0, 0.05) is 29.7 Å². The quantitative estimate of drug-likeness (QED) is 0.192. The van der Waals surface area contributed by atoms with Crippen molar-refractivity contribution in [2.24, 2.45) is 0 Å². The highest BCUT2D eigenvalue weighted by Gasteiger charge is 2.51. The molecule has 4 rings (SSSR count). The molecule has 3 N–H and O–H groups in total. The van der Waals surface area contributed by atoms with Gasteiger partial charge in [-0.15, -0.1) is 0 Å². The van der Waals surface area contributed by atoms with Gasteiger partial charge < -0.3 is 10.1 Å². The molecule has 1 aliphatic heterocycles. The molecule has 7 heteroatoms. The summed E-state index contributed by atoms with van der Waals surface area (Å²) < 4.78 is 5.84. The summed E-state index contributed by atoms with van der Waals surface area (Å²) in [6.45, 7) is 6.26. The molecule has 0 saturated heterocycles. The van der Waals surface area contributed by atoms with Gasteiger partial charge in [-0.1, -0.05) is 75.4 Å². The number of ether oxygens (including phenoxy) is 1. The van der Waals surface area contributed by atoms with Gasteiger partial charge in [-0.3, -0.25) is 19.6 Å². The third kappa shape index (κ3) is 4.62. The Morgan fingerprint density at radius 2 is 1.64 bits per heavy atom. The van der Waals surface area contributed by atoms with Crippen LogP contribution in [-0.2, 0) is 25.2 Å². The second-order valence-electron chi connectivity index (χ2n) is 9.94. The second-order valence-corrected chi connectivity index (χ2v) is 9.94. The largest absolute Gasteiger partial charge is 0.426 e. The molecule has 0 aliphatic carbocycles. The molecule has 0 aromatic heterocycles. The van der Waals surface area contributed by atoms with Crippen LogP contribution in [0.1, 0.15) is 62.3 Å². The molecule has 0 spiro atoms. The number of hydroxylamine groups is 1. The van der Waals surface area contributed by atoms with Crippen molar-refractivity contribution in [2.75, 3.05) is 5.32 Å². The Hall–Kier alpha value is -3.97. The minimum atomic E-state index is -1.23. The maximum absolute atomic E-state index is 13.9. The number of nitrogens with one attached hydrogen (secondary N) is 2. The maximum Gasteiger partial charge on any atom is 0.311 e. The van der Waals surface area contributed by atoms with E-state index in [0.717, 1.165) is 16.7 Å². The van der Waals surface area contributed by atoms with Crippen molar-refractivity contribution in [1.82, 2.24) is 5.48 Å². The number of benzene rings is 3. The number of rotatable bonds is 7. The number of amides is 2. The molecule has 36 heavy (non-hydrogen) atoms. The molecule has 0 radical (unpaired) electrons. The zero-order valence-corrected chi connectivity index (χ0v) is 20.6. The highest BCUT2D eigenvalue weighted by molar-refractivity contribution is 6.11. The Bertz CT molecular complexity index is 1300. The third-order valence-corrected chi connectivity index (χ3v) is 6.51. The highest BCUT2D eigenvalue weighted by Crippen LogP contribution is 2.51. The van der Waals surface area contributed by atoms with E-state index in [-0.39, 0.29) is 36.3 Å². The Labute approximate surface area is 210 Å². The van der Waals surface area contributed by atoms with Gasteiger partial charge in [-0.05, 0) is 41.2 Å². The molecule has 2 amide bonds. The van der Waals surface area contributed by atoms with Crippen LogP contribution in [0.2, 0.25) is 0 Å². The smallest absolute Gasteiger partial charge is 0.311 e. The van der Waals surface area contributed by atoms with E-state index >= 15 is 0 Å². The van der Waals surface area contributed by atoms with Crippen LogP contribution in [0.4, 0.5) is 5.69 Å². The molecule has 186 valence electrons. The van der Waals surface area contributed by atoms with E-state index in [0.29, 0.717) is 11.3 Å². The summed E-state index contributed by atoms with van der Waals surface area (Å²) in [7, 11) is 0. The summed E-state index contributed by atoms with van der Waals surface area (Å²) in [4.78, 5) is 38.0. The van der Waals surface area contributed by atoms with E-state index in [1.165, 1.54) is 0 Å². The number of esters is 1. The van der Waals surface area contributed by atoms with Crippen LogP contribution < -0.4 is 15.5 Å². The van der Waals surface area contributed by atoms with Crippen molar-refractivity contribution >= 4 is 23.5 Å². The SMILES string of the molecule is CC(C)(C)c1ccc(OC(=O)CCCC(=O)NO)c(C2(c3ccccc3)C(=O)Nc3ccccc32)c1. The van der Waals surface area contributed by atoms with Gasteiger partial charge in [-0.2, -0.15) is 0 Å². The van der Waals surface area contributed by atoms with Gasteiger partial charge in [0.2, 0.25) is 11.8 Å². The topological polar surface area (TPSA) is 105 Å². The first kappa shape index (κ1) is 25.1. The number of anilines is 1. The minimum absolute atomic E-state index is 0.00878. The van der Waals surface area contributed by atoms with Crippen LogP contribution in [-0.4, -0.2) is 23.0 Å². The minimum Gasteiger partial charge on any atom is -0.426 e. The van der Waals surface area contributed by atoms with E-state index < -0.39 is 17.3 Å². The van der Waals surface area contributed by atoms with Crippen molar-refractivity contribution in [1.29, 1.82) is 0 Å². The lowest BCUT2D eigenvalue weighted by Gasteiger charge is -2.32. The number of hydrogen-bond donors (Lipinski definition) is 3. The molecule has 3 aromatic carbocycles. The summed E-state index contributed by atoms with van der Waals surface area (Å²) in [6.07, 6.45) is 0.188. The standard InChI is InChI=1S/C29H30N2O5/c1-28(2,3)20-16-17-24(36-26(33)15-9-14-25(32)31-35)22(18-20)29(19-10-5-4-6-11-19)21-12-7-8-13-23(21)30-27(29)34/h4-8,10-13,16-18,35H,9,14-15H2,1-3H3,(H,30,34)(H,31,32). The van der Waals surface area contributed by atoms with Gasteiger partial charge in [-0.25, -0.2) is 5.48 Å². The van der Waals surface area contributed by atoms with E-state index in [9.17, 15) is 14.4 Å². The van der Waals surface area contributed by atoms with Gasteiger partial charge in [0.25, 0.3) is 0 Å². The fraction of sp³-hybridized carbons (Fsp3) is 0.276. The number of hydrogen-bond acceptors (Lipinski definition) is 5. The third-order valence-electron chi connectivity index (χ3n) is 6.51. The number of fused-ring (bicyclic) bond motifs is 1. The molecule has 7 nitrogen and oxygen atoms in total. The van der Waals surface area contributed by atoms with Crippen LogP contribution >= 0.6 is 0 Å². The summed E-state index contributed by atoms with van der Waals surface area (Å²) in [5.74, 6) is -1.03. The van der Waals surface area contributed by atoms with Crippen LogP contribution in [0, 0.1) is 0 Å². The monoisotopic (exact) mass is 486 g/mol. The normalized spacial score (nSPS) is 16.7. The molecule has 1 unspecified atom stereocenters. The maximum atomic E-state index is 13.9. The molecule has 0 saturated carbocycles. The van der Waals surface area contributed by atoms with Crippen molar-refractivity contribution in [2.45, 2.75) is 50.9 Å². The van der Waals surface area contributed by atoms with E-state index in [4.69, 9.17) is 9.94 Å². The van der Waals surface area contributed by atoms with Crippen LogP contribution in [0.5, 0.6) is 5.75 Å². The Balaban J connectivity index is 1.88. The first-order valence-corrected chi connectivity index (χ1v) is 11.9. The van der Waals surface area contributed by atoms with Crippen LogP contribution in [0.3, 0.4) is 0 Å². The Morgan fingerprint density at radius 1 is 0.944 bits per heavy atom. The lowest BCUT2D eigenvalue weighted by atomic mass is 9.68. The molecule has 0 fully saturated rings. The fourth-order valence-electron chi connectivity index (χ4n) is 4.66. The zero-order chi connectivity index (χ0) is 25.9. The van der Waals surface area contributed by atoms with Crippen molar-refractivity contribution < 1.29 is 24.3 Å². The average molecular weight is 487 g/mol. The predicted molar refractivity (Wildman–Crippen MR) is 136 cm³/mol. The Morgan fingerprint density at radius 3 is 2.33 bits per heavy atom. The zero-order valence-electron chi connectivity index (χ0n) is 20.6. The summed E-state index contributed by atoms with van der Waals surface area (Å²) >= 11 is 0. The molecular formula is C29H30N2O5. The number of carbonyl (C=O) groups is 3. The van der Waals surface area contributed by atoms with Gasteiger partial charge in [0.15, 0.2) is 0 Å².